The summed E-state index contributed by atoms with van der Waals surface area (Å²) in [6, 6.07) is 101. The van der Waals surface area contributed by atoms with Crippen molar-refractivity contribution in [3.8, 4) is 77.9 Å². The van der Waals surface area contributed by atoms with E-state index in [0.29, 0.717) is 0 Å². The number of nitrogens with zero attached hydrogens (tertiary/aromatic N) is 2. The van der Waals surface area contributed by atoms with Gasteiger partial charge in [-0.15, -0.1) is 0 Å². The molecule has 0 atom stereocenters. The molecule has 0 bridgehead atoms. The van der Waals surface area contributed by atoms with Gasteiger partial charge in [-0.25, -0.2) is 0 Å². The van der Waals surface area contributed by atoms with Crippen molar-refractivity contribution in [3.63, 3.8) is 0 Å². The van der Waals surface area contributed by atoms with Crippen LogP contribution in [0.3, 0.4) is 0 Å². The smallest absolute Gasteiger partial charge is 0.252 e. The Morgan fingerprint density at radius 3 is 0.884 bits per heavy atom. The second-order valence-corrected chi connectivity index (χ2v) is 26.0. The molecular formula is C83H71BN2. The molecule has 14 rings (SSSR count). The van der Waals surface area contributed by atoms with E-state index in [0.717, 1.165) is 33.6 Å². The Kier molecular flexibility index (Phi) is 13.5. The summed E-state index contributed by atoms with van der Waals surface area (Å²) < 4.78 is 0. The number of anilines is 6. The van der Waals surface area contributed by atoms with Crippen LogP contribution in [0.15, 0.2) is 267 Å². The zero-order valence-electron chi connectivity index (χ0n) is 50.9. The van der Waals surface area contributed by atoms with Crippen molar-refractivity contribution in [2.45, 2.75) is 73.1 Å². The largest absolute Gasteiger partial charge is 0.311 e. The van der Waals surface area contributed by atoms with Crippen LogP contribution < -0.4 is 26.2 Å². The van der Waals surface area contributed by atoms with Gasteiger partial charge in [-0.1, -0.05) is 253 Å². The lowest BCUT2D eigenvalue weighted by Gasteiger charge is -2.46. The number of benzene rings is 12. The summed E-state index contributed by atoms with van der Waals surface area (Å²) >= 11 is 0. The van der Waals surface area contributed by atoms with Gasteiger partial charge in [0.15, 0.2) is 0 Å². The second-order valence-electron chi connectivity index (χ2n) is 26.0. The van der Waals surface area contributed by atoms with Gasteiger partial charge in [-0.3, -0.25) is 0 Å². The van der Waals surface area contributed by atoms with E-state index < -0.39 is 0 Å². The topological polar surface area (TPSA) is 6.48 Å². The molecule has 3 heteroatoms. The molecule has 0 amide bonds. The Bertz CT molecular complexity index is 4140. The maximum absolute atomic E-state index is 2.66. The lowest BCUT2D eigenvalue weighted by atomic mass is 9.33. The molecule has 12 aromatic rings. The van der Waals surface area contributed by atoms with Crippen LogP contribution in [0.2, 0.25) is 0 Å². The molecule has 0 unspecified atom stereocenters. The molecule has 416 valence electrons. The molecule has 0 aromatic heterocycles. The molecule has 0 aliphatic carbocycles. The van der Waals surface area contributed by atoms with Gasteiger partial charge in [0.25, 0.3) is 6.71 Å². The molecular weight excluding hydrogens is 1040 g/mol. The molecule has 2 nitrogen and oxygen atoms in total. The van der Waals surface area contributed by atoms with Crippen LogP contribution in [0.4, 0.5) is 34.1 Å². The minimum atomic E-state index is -0.213. The highest BCUT2D eigenvalue weighted by molar-refractivity contribution is 7.00. The lowest BCUT2D eigenvalue weighted by molar-refractivity contribution is 0.592. The van der Waals surface area contributed by atoms with Crippen molar-refractivity contribution in [3.05, 3.63) is 295 Å². The van der Waals surface area contributed by atoms with Gasteiger partial charge in [-0.2, -0.15) is 0 Å². The molecule has 2 heterocycles. The van der Waals surface area contributed by atoms with Gasteiger partial charge in [0.05, 0.1) is 0 Å². The van der Waals surface area contributed by atoms with E-state index in [4.69, 9.17) is 0 Å². The number of hydrogen-bond acceptors (Lipinski definition) is 2. The van der Waals surface area contributed by atoms with Crippen LogP contribution in [-0.2, 0) is 10.8 Å². The molecule has 2 aliphatic heterocycles. The van der Waals surface area contributed by atoms with E-state index in [2.05, 4.69) is 339 Å². The minimum absolute atomic E-state index is 0.166. The van der Waals surface area contributed by atoms with Crippen molar-refractivity contribution >= 4 is 57.2 Å². The fraction of sp³-hybridized carbons (Fsp3) is 0.133. The second kappa shape index (κ2) is 21.4. The molecule has 0 N–H and O–H groups in total. The van der Waals surface area contributed by atoms with Crippen LogP contribution in [0.1, 0.15) is 69.4 Å². The SMILES string of the molecule is Cc1cc(C)c(-c2cc3c4c(c2)N(c2cc(-c5ccccc5)cc(-c5ccccc5)c2)c2cc(-c5ccccc5)c(C(C)(C)C)cc2B4c2cc(C(C)(C)C)c(-c4ccccc4)cc2N3c2cc(-c3ccccc3)cc(-c3ccccc3)c2)c(C)c1. The van der Waals surface area contributed by atoms with Gasteiger partial charge < -0.3 is 9.80 Å². The zero-order chi connectivity index (χ0) is 59.0. The average molecular weight is 1110 g/mol. The third-order valence-corrected chi connectivity index (χ3v) is 17.9. The minimum Gasteiger partial charge on any atom is -0.311 e. The van der Waals surface area contributed by atoms with Gasteiger partial charge in [0.2, 0.25) is 0 Å². The Labute approximate surface area is 509 Å². The predicted molar refractivity (Wildman–Crippen MR) is 370 cm³/mol. The first-order chi connectivity index (χ1) is 41.6. The maximum Gasteiger partial charge on any atom is 0.252 e. The summed E-state index contributed by atoms with van der Waals surface area (Å²) in [5.41, 5.74) is 33.5. The van der Waals surface area contributed by atoms with E-state index in [9.17, 15) is 0 Å². The van der Waals surface area contributed by atoms with Crippen LogP contribution >= 0.6 is 0 Å². The zero-order valence-corrected chi connectivity index (χ0v) is 50.9. The first-order valence-electron chi connectivity index (χ1n) is 30.5. The third-order valence-electron chi connectivity index (χ3n) is 17.9. The monoisotopic (exact) mass is 1110 g/mol. The van der Waals surface area contributed by atoms with Gasteiger partial charge in [0, 0.05) is 34.1 Å². The van der Waals surface area contributed by atoms with Crippen LogP contribution in [0.25, 0.3) is 77.9 Å². The molecule has 12 aromatic carbocycles. The first-order valence-corrected chi connectivity index (χ1v) is 30.5. The summed E-state index contributed by atoms with van der Waals surface area (Å²) in [4.78, 5) is 5.32. The highest BCUT2D eigenvalue weighted by Crippen LogP contribution is 2.52. The molecule has 0 spiro atoms. The Hall–Kier alpha value is -9.70. The van der Waals surface area contributed by atoms with Crippen LogP contribution in [0, 0.1) is 20.8 Å². The quantitative estimate of drug-likeness (QED) is 0.133. The van der Waals surface area contributed by atoms with Gasteiger partial charge in [0.1, 0.15) is 0 Å². The molecule has 0 saturated carbocycles. The van der Waals surface area contributed by atoms with E-state index in [-0.39, 0.29) is 17.5 Å². The maximum atomic E-state index is 2.66. The Morgan fingerprint density at radius 2 is 0.581 bits per heavy atom. The standard InChI is InChI=1S/C83H71BN2/c1-54-40-55(2)80(56(3)41-54)67-48-78-81-79(49-67)86(69-46-65(59-32-20-12-21-33-59)43-66(47-69)60-34-22-13-23-35-60)77-51-71(62-38-26-15-27-39-62)73(83(7,8)9)53-75(77)84(81)74-52-72(82(4,5)6)70(61-36-24-14-25-37-61)50-76(74)85(78)68-44-63(57-28-16-10-17-29-57)42-64(45-68)58-30-18-11-19-31-58/h10-53H,1-9H3. The summed E-state index contributed by atoms with van der Waals surface area (Å²) in [6.07, 6.45) is 0. The van der Waals surface area contributed by atoms with Crippen LogP contribution in [0.5, 0.6) is 0 Å². The predicted octanol–water partition coefficient (Wildman–Crippen LogP) is 21.0. The van der Waals surface area contributed by atoms with Crippen molar-refractivity contribution < 1.29 is 0 Å². The molecule has 0 fully saturated rings. The van der Waals surface area contributed by atoms with Crippen molar-refractivity contribution in [2.75, 3.05) is 9.80 Å². The third kappa shape index (κ3) is 9.76. The molecule has 0 saturated heterocycles. The number of hydrogen-bond donors (Lipinski definition) is 0. The van der Waals surface area contributed by atoms with E-state index in [1.54, 1.807) is 0 Å². The number of aryl methyl sites for hydroxylation is 3. The Morgan fingerprint density at radius 1 is 0.279 bits per heavy atom. The van der Waals surface area contributed by atoms with E-state index in [1.807, 2.05) is 0 Å². The number of rotatable bonds is 9. The summed E-state index contributed by atoms with van der Waals surface area (Å²) in [5, 5.41) is 0. The van der Waals surface area contributed by atoms with E-state index in [1.165, 1.54) is 123 Å². The summed E-state index contributed by atoms with van der Waals surface area (Å²) in [7, 11) is 0. The highest BCUT2D eigenvalue weighted by Gasteiger charge is 2.46. The molecule has 2 aliphatic rings. The average Bonchev–Trinajstić information content (AvgIpc) is 0.698. The van der Waals surface area contributed by atoms with Crippen molar-refractivity contribution in [1.82, 2.24) is 0 Å². The van der Waals surface area contributed by atoms with Crippen molar-refractivity contribution in [2.24, 2.45) is 0 Å². The first kappa shape index (κ1) is 54.3. The fourth-order valence-electron chi connectivity index (χ4n) is 14.0. The summed E-state index contributed by atoms with van der Waals surface area (Å²) in [6.45, 7) is 21.0. The highest BCUT2D eigenvalue weighted by atomic mass is 15.2. The fourth-order valence-corrected chi connectivity index (χ4v) is 14.0. The van der Waals surface area contributed by atoms with Crippen LogP contribution in [-0.4, -0.2) is 6.71 Å². The summed E-state index contributed by atoms with van der Waals surface area (Å²) in [5.74, 6) is 0. The van der Waals surface area contributed by atoms with E-state index >= 15 is 0 Å². The number of fused-ring (bicyclic) bond motifs is 4. The lowest BCUT2D eigenvalue weighted by Crippen LogP contribution is -2.61. The Balaban J connectivity index is 1.19. The van der Waals surface area contributed by atoms with Gasteiger partial charge >= 0.3 is 0 Å². The molecule has 0 radical (unpaired) electrons. The van der Waals surface area contributed by atoms with Crippen molar-refractivity contribution in [1.29, 1.82) is 0 Å². The molecule has 86 heavy (non-hydrogen) atoms. The normalized spacial score (nSPS) is 12.6. The van der Waals surface area contributed by atoms with Gasteiger partial charge in [-0.05, 0) is 209 Å².